The molecule has 7 heteroatoms. The van der Waals surface area contributed by atoms with Crippen molar-refractivity contribution in [2.75, 3.05) is 5.32 Å². The van der Waals surface area contributed by atoms with Crippen molar-refractivity contribution in [2.45, 2.75) is 13.5 Å². The molecule has 0 aliphatic carbocycles. The van der Waals surface area contributed by atoms with Crippen LogP contribution in [0.2, 0.25) is 0 Å². The second-order valence-corrected chi connectivity index (χ2v) is 5.87. The quantitative estimate of drug-likeness (QED) is 0.686. The van der Waals surface area contributed by atoms with Gasteiger partial charge in [0.25, 0.3) is 5.69 Å². The normalized spacial score (nSPS) is 10.3. The number of rotatable bonds is 4. The van der Waals surface area contributed by atoms with Gasteiger partial charge >= 0.3 is 0 Å². The van der Waals surface area contributed by atoms with Crippen LogP contribution in [-0.4, -0.2) is 9.91 Å². The second-order valence-electron chi connectivity index (χ2n) is 3.64. The van der Waals surface area contributed by atoms with Crippen LogP contribution in [0.15, 0.2) is 28.9 Å². The van der Waals surface area contributed by atoms with Gasteiger partial charge in [0.2, 0.25) is 0 Å². The molecule has 0 saturated carbocycles. The van der Waals surface area contributed by atoms with E-state index < -0.39 is 4.92 Å². The SMILES string of the molecule is Cc1cnc(CNc2ccc(Br)cc2[N+](=O)[O-])s1. The van der Waals surface area contributed by atoms with E-state index in [1.807, 2.05) is 6.92 Å². The topological polar surface area (TPSA) is 68.1 Å². The molecule has 1 heterocycles. The van der Waals surface area contributed by atoms with Crippen molar-refractivity contribution in [1.29, 1.82) is 0 Å². The number of hydrogen-bond acceptors (Lipinski definition) is 5. The van der Waals surface area contributed by atoms with E-state index >= 15 is 0 Å². The Morgan fingerprint density at radius 3 is 2.94 bits per heavy atom. The number of aryl methyl sites for hydroxylation is 1. The number of thiazole rings is 1. The van der Waals surface area contributed by atoms with Crippen molar-refractivity contribution in [3.8, 4) is 0 Å². The van der Waals surface area contributed by atoms with Gasteiger partial charge in [0, 0.05) is 21.6 Å². The van der Waals surface area contributed by atoms with Crippen molar-refractivity contribution in [3.05, 3.63) is 48.9 Å². The largest absolute Gasteiger partial charge is 0.373 e. The Bertz CT molecular complexity index is 585. The van der Waals surface area contributed by atoms with Crippen LogP contribution in [0.3, 0.4) is 0 Å². The van der Waals surface area contributed by atoms with Crippen molar-refractivity contribution < 1.29 is 4.92 Å². The van der Waals surface area contributed by atoms with Crippen molar-refractivity contribution in [2.24, 2.45) is 0 Å². The van der Waals surface area contributed by atoms with Gasteiger partial charge in [-0.3, -0.25) is 10.1 Å². The van der Waals surface area contributed by atoms with E-state index in [0.717, 1.165) is 9.88 Å². The molecule has 0 unspecified atom stereocenters. The summed E-state index contributed by atoms with van der Waals surface area (Å²) in [6.45, 7) is 2.46. The Morgan fingerprint density at radius 1 is 1.56 bits per heavy atom. The molecule has 0 amide bonds. The van der Waals surface area contributed by atoms with E-state index in [4.69, 9.17) is 0 Å². The number of halogens is 1. The van der Waals surface area contributed by atoms with Gasteiger partial charge in [-0.2, -0.15) is 0 Å². The number of anilines is 1. The first-order chi connectivity index (χ1) is 8.56. The van der Waals surface area contributed by atoms with Crippen LogP contribution < -0.4 is 5.32 Å². The Balaban J connectivity index is 2.16. The van der Waals surface area contributed by atoms with Gasteiger partial charge in [-0.05, 0) is 19.1 Å². The van der Waals surface area contributed by atoms with Crippen molar-refractivity contribution in [1.82, 2.24) is 4.98 Å². The third-order valence-corrected chi connectivity index (χ3v) is 3.66. The average Bonchev–Trinajstić information content (AvgIpc) is 2.73. The zero-order valence-corrected chi connectivity index (χ0v) is 11.9. The summed E-state index contributed by atoms with van der Waals surface area (Å²) in [5.41, 5.74) is 0.550. The highest BCUT2D eigenvalue weighted by Gasteiger charge is 2.14. The van der Waals surface area contributed by atoms with Gasteiger partial charge in [-0.25, -0.2) is 4.98 Å². The van der Waals surface area contributed by atoms with E-state index in [1.54, 1.807) is 29.7 Å². The van der Waals surface area contributed by atoms with Gasteiger partial charge in [0.05, 0.1) is 11.5 Å². The van der Waals surface area contributed by atoms with Crippen molar-refractivity contribution in [3.63, 3.8) is 0 Å². The highest BCUT2D eigenvalue weighted by atomic mass is 79.9. The molecule has 0 atom stereocenters. The third-order valence-electron chi connectivity index (χ3n) is 2.26. The molecular weight excluding hydrogens is 318 g/mol. The lowest BCUT2D eigenvalue weighted by Crippen LogP contribution is -2.02. The molecule has 0 aliphatic heterocycles. The summed E-state index contributed by atoms with van der Waals surface area (Å²) in [6, 6.07) is 4.93. The van der Waals surface area contributed by atoms with Crippen LogP contribution in [0.4, 0.5) is 11.4 Å². The van der Waals surface area contributed by atoms with Crippen molar-refractivity contribution >= 4 is 38.6 Å². The summed E-state index contributed by atoms with van der Waals surface area (Å²) in [7, 11) is 0. The smallest absolute Gasteiger partial charge is 0.293 e. The fourth-order valence-electron chi connectivity index (χ4n) is 1.46. The number of nitrogens with one attached hydrogen (secondary N) is 1. The summed E-state index contributed by atoms with van der Waals surface area (Å²) in [5.74, 6) is 0. The minimum absolute atomic E-state index is 0.0534. The zero-order valence-electron chi connectivity index (χ0n) is 9.51. The molecule has 94 valence electrons. The number of nitrogens with zero attached hydrogens (tertiary/aromatic N) is 2. The third kappa shape index (κ3) is 3.05. The molecule has 0 aliphatic rings. The van der Waals surface area contributed by atoms with Gasteiger partial charge in [-0.1, -0.05) is 15.9 Å². The Hall–Kier alpha value is -1.47. The highest BCUT2D eigenvalue weighted by Crippen LogP contribution is 2.28. The monoisotopic (exact) mass is 327 g/mol. The van der Waals surface area contributed by atoms with Crippen LogP contribution in [-0.2, 0) is 6.54 Å². The minimum atomic E-state index is -0.403. The lowest BCUT2D eigenvalue weighted by molar-refractivity contribution is -0.384. The summed E-state index contributed by atoms with van der Waals surface area (Å²) in [4.78, 5) is 15.8. The summed E-state index contributed by atoms with van der Waals surface area (Å²) in [6.07, 6.45) is 1.79. The van der Waals surface area contributed by atoms with Crippen LogP contribution in [0.25, 0.3) is 0 Å². The van der Waals surface area contributed by atoms with E-state index in [-0.39, 0.29) is 5.69 Å². The standard InChI is InChI=1S/C11H10BrN3O2S/c1-7-5-14-11(18-7)6-13-9-3-2-8(12)4-10(9)15(16)17/h2-5,13H,6H2,1H3. The molecule has 1 aromatic carbocycles. The first kappa shape index (κ1) is 13.0. The van der Waals surface area contributed by atoms with E-state index in [2.05, 4.69) is 26.2 Å². The Morgan fingerprint density at radius 2 is 2.33 bits per heavy atom. The van der Waals surface area contributed by atoms with E-state index in [0.29, 0.717) is 16.7 Å². The number of hydrogen-bond donors (Lipinski definition) is 1. The van der Waals surface area contributed by atoms with E-state index in [1.165, 1.54) is 6.07 Å². The van der Waals surface area contributed by atoms with Gasteiger partial charge in [0.1, 0.15) is 10.7 Å². The molecule has 18 heavy (non-hydrogen) atoms. The molecule has 1 aromatic heterocycles. The number of nitro benzene ring substituents is 1. The summed E-state index contributed by atoms with van der Waals surface area (Å²) >= 11 is 4.79. The fourth-order valence-corrected chi connectivity index (χ4v) is 2.54. The maximum absolute atomic E-state index is 10.9. The lowest BCUT2D eigenvalue weighted by atomic mass is 10.2. The summed E-state index contributed by atoms with van der Waals surface area (Å²) < 4.78 is 0.685. The van der Waals surface area contributed by atoms with Crippen LogP contribution in [0, 0.1) is 17.0 Å². The second kappa shape index (κ2) is 5.45. The Kier molecular flexibility index (Phi) is 3.93. The first-order valence-corrected chi connectivity index (χ1v) is 6.76. The number of aromatic nitrogens is 1. The molecule has 2 rings (SSSR count). The fraction of sp³-hybridized carbons (Fsp3) is 0.182. The maximum atomic E-state index is 10.9. The predicted octanol–water partition coefficient (Wildman–Crippen LogP) is 3.73. The molecule has 2 aromatic rings. The van der Waals surface area contributed by atoms with Gasteiger partial charge < -0.3 is 5.32 Å². The number of benzene rings is 1. The van der Waals surface area contributed by atoms with E-state index in [9.17, 15) is 10.1 Å². The first-order valence-electron chi connectivity index (χ1n) is 5.15. The van der Waals surface area contributed by atoms with Crippen LogP contribution in [0.5, 0.6) is 0 Å². The molecule has 0 saturated heterocycles. The maximum Gasteiger partial charge on any atom is 0.293 e. The van der Waals surface area contributed by atoms with Crippen LogP contribution in [0.1, 0.15) is 9.88 Å². The predicted molar refractivity (Wildman–Crippen MR) is 75.0 cm³/mol. The van der Waals surface area contributed by atoms with Gasteiger partial charge in [0.15, 0.2) is 0 Å². The summed E-state index contributed by atoms with van der Waals surface area (Å²) in [5, 5.41) is 14.9. The molecule has 1 N–H and O–H groups in total. The number of nitro groups is 1. The highest BCUT2D eigenvalue weighted by molar-refractivity contribution is 9.10. The zero-order chi connectivity index (χ0) is 13.1. The molecule has 0 radical (unpaired) electrons. The molecule has 5 nitrogen and oxygen atoms in total. The average molecular weight is 328 g/mol. The van der Waals surface area contributed by atoms with Crippen LogP contribution >= 0.6 is 27.3 Å². The molecule has 0 bridgehead atoms. The lowest BCUT2D eigenvalue weighted by Gasteiger charge is -2.05. The molecule has 0 spiro atoms. The molecule has 0 fully saturated rings. The Labute approximate surface area is 116 Å². The van der Waals surface area contributed by atoms with Gasteiger partial charge in [-0.15, -0.1) is 11.3 Å². The minimum Gasteiger partial charge on any atom is -0.373 e. The molecular formula is C11H10BrN3O2S.